The van der Waals surface area contributed by atoms with Gasteiger partial charge in [-0.2, -0.15) is 0 Å². The average Bonchev–Trinajstić information content (AvgIpc) is 3.10. The predicted octanol–water partition coefficient (Wildman–Crippen LogP) is 2.98. The molecule has 5 heteroatoms. The number of hydrogen-bond donors (Lipinski definition) is 1. The second kappa shape index (κ2) is 6.52. The zero-order valence-corrected chi connectivity index (χ0v) is 12.7. The molecule has 1 fully saturated rings. The topological polar surface area (TPSA) is 41.3 Å². The van der Waals surface area contributed by atoms with E-state index in [9.17, 15) is 0 Å². The number of furan rings is 1. The minimum Gasteiger partial charge on any atom is -0.462 e. The first-order chi connectivity index (χ1) is 9.81. The van der Waals surface area contributed by atoms with Gasteiger partial charge in [-0.15, -0.1) is 11.3 Å². The van der Waals surface area contributed by atoms with Crippen molar-refractivity contribution in [3.8, 4) is 10.8 Å². The lowest BCUT2D eigenvalue weighted by Crippen LogP contribution is -2.42. The highest BCUT2D eigenvalue weighted by molar-refractivity contribution is 7.13. The molecule has 0 bridgehead atoms. The maximum atomic E-state index is 5.38. The third-order valence-corrected chi connectivity index (χ3v) is 4.57. The monoisotopic (exact) mass is 291 g/mol. The molecule has 108 valence electrons. The highest BCUT2D eigenvalue weighted by Crippen LogP contribution is 2.24. The molecule has 1 aliphatic heterocycles. The van der Waals surface area contributed by atoms with Gasteiger partial charge in [0.2, 0.25) is 0 Å². The van der Waals surface area contributed by atoms with Crippen molar-refractivity contribution in [3.63, 3.8) is 0 Å². The molecule has 0 aromatic carbocycles. The number of likely N-dealkylation sites (N-methyl/N-ethyl adjacent to an activating group) is 1. The first-order valence-electron chi connectivity index (χ1n) is 7.21. The first-order valence-corrected chi connectivity index (χ1v) is 8.09. The maximum absolute atomic E-state index is 5.38. The molecule has 4 nitrogen and oxygen atoms in total. The summed E-state index contributed by atoms with van der Waals surface area (Å²) in [6.45, 7) is 3.15. The highest BCUT2D eigenvalue weighted by atomic mass is 32.1. The van der Waals surface area contributed by atoms with Gasteiger partial charge in [-0.05, 0) is 38.6 Å². The highest BCUT2D eigenvalue weighted by Gasteiger charge is 2.15. The second-order valence-corrected chi connectivity index (χ2v) is 6.32. The average molecular weight is 291 g/mol. The number of aromatic nitrogens is 1. The van der Waals surface area contributed by atoms with Crippen LogP contribution in [0.5, 0.6) is 0 Å². The van der Waals surface area contributed by atoms with E-state index in [4.69, 9.17) is 4.42 Å². The first kappa shape index (κ1) is 13.8. The lowest BCUT2D eigenvalue weighted by molar-refractivity contribution is 0.255. The van der Waals surface area contributed by atoms with E-state index in [0.29, 0.717) is 6.04 Å². The second-order valence-electron chi connectivity index (χ2n) is 5.46. The van der Waals surface area contributed by atoms with Crippen LogP contribution in [-0.4, -0.2) is 36.1 Å². The zero-order valence-electron chi connectivity index (χ0n) is 11.8. The molecule has 0 saturated carbocycles. The minimum atomic E-state index is 0.636. The van der Waals surface area contributed by atoms with Crippen molar-refractivity contribution < 1.29 is 4.42 Å². The van der Waals surface area contributed by atoms with Crippen LogP contribution in [0.3, 0.4) is 0 Å². The molecule has 3 heterocycles. The summed E-state index contributed by atoms with van der Waals surface area (Å²) in [5.74, 6) is 0.859. The molecule has 20 heavy (non-hydrogen) atoms. The fourth-order valence-corrected chi connectivity index (χ4v) is 3.47. The van der Waals surface area contributed by atoms with E-state index in [2.05, 4.69) is 27.6 Å². The van der Waals surface area contributed by atoms with Crippen LogP contribution in [0, 0.1) is 0 Å². The Kier molecular flexibility index (Phi) is 4.50. The van der Waals surface area contributed by atoms with Gasteiger partial charge in [-0.1, -0.05) is 6.42 Å². The molecule has 0 radical (unpaired) electrons. The molecule has 2 aromatic rings. The number of piperidine rings is 1. The Morgan fingerprint density at radius 2 is 2.45 bits per heavy atom. The third-order valence-electron chi connectivity index (χ3n) is 3.66. The lowest BCUT2D eigenvalue weighted by Gasteiger charge is -2.27. The quantitative estimate of drug-likeness (QED) is 0.919. The zero-order chi connectivity index (χ0) is 13.8. The summed E-state index contributed by atoms with van der Waals surface area (Å²) in [4.78, 5) is 7.00. The Bertz CT molecular complexity index is 517. The normalized spacial score (nSPS) is 19.6. The fraction of sp³-hybridized carbons (Fsp3) is 0.533. The summed E-state index contributed by atoms with van der Waals surface area (Å²) in [6.07, 6.45) is 5.65. The molecule has 2 aromatic heterocycles. The minimum absolute atomic E-state index is 0.636. The summed E-state index contributed by atoms with van der Waals surface area (Å²) in [7, 11) is 2.17. The molecule has 0 amide bonds. The van der Waals surface area contributed by atoms with Gasteiger partial charge in [0, 0.05) is 24.5 Å². The molecule has 0 spiro atoms. The van der Waals surface area contributed by atoms with Crippen molar-refractivity contribution in [2.75, 3.05) is 20.1 Å². The van der Waals surface area contributed by atoms with Crippen LogP contribution in [0.4, 0.5) is 0 Å². The largest absolute Gasteiger partial charge is 0.462 e. The van der Waals surface area contributed by atoms with Gasteiger partial charge in [0.05, 0.1) is 12.0 Å². The molecule has 1 atom stereocenters. The summed E-state index contributed by atoms with van der Waals surface area (Å²) in [6, 6.07) is 4.49. The Morgan fingerprint density at radius 3 is 3.20 bits per heavy atom. The molecular formula is C15H21N3OS. The van der Waals surface area contributed by atoms with Crippen LogP contribution in [0.1, 0.15) is 25.0 Å². The summed E-state index contributed by atoms with van der Waals surface area (Å²) in [5.41, 5.74) is 1.12. The number of rotatable bonds is 5. The SMILES string of the molecule is CN(Cc1csc(-c2ccco2)n1)CC1CCCCN1. The van der Waals surface area contributed by atoms with Crippen LogP contribution in [0.25, 0.3) is 10.8 Å². The Morgan fingerprint density at radius 1 is 1.50 bits per heavy atom. The molecule has 1 saturated heterocycles. The Hall–Kier alpha value is -1.17. The van der Waals surface area contributed by atoms with E-state index in [1.165, 1.54) is 19.3 Å². The van der Waals surface area contributed by atoms with Crippen LogP contribution >= 0.6 is 11.3 Å². The molecule has 1 aliphatic rings. The van der Waals surface area contributed by atoms with Crippen LogP contribution < -0.4 is 5.32 Å². The van der Waals surface area contributed by atoms with Crippen molar-refractivity contribution in [1.29, 1.82) is 0 Å². The summed E-state index contributed by atoms with van der Waals surface area (Å²) in [5, 5.41) is 6.68. The lowest BCUT2D eigenvalue weighted by atomic mass is 10.0. The molecule has 1 N–H and O–H groups in total. The van der Waals surface area contributed by atoms with Gasteiger partial charge in [0.15, 0.2) is 10.8 Å². The van der Waals surface area contributed by atoms with E-state index >= 15 is 0 Å². The van der Waals surface area contributed by atoms with Gasteiger partial charge in [0.25, 0.3) is 0 Å². The van der Waals surface area contributed by atoms with E-state index in [0.717, 1.165) is 36.1 Å². The predicted molar refractivity (Wildman–Crippen MR) is 81.8 cm³/mol. The summed E-state index contributed by atoms with van der Waals surface area (Å²) < 4.78 is 5.38. The number of thiazole rings is 1. The molecular weight excluding hydrogens is 270 g/mol. The smallest absolute Gasteiger partial charge is 0.162 e. The van der Waals surface area contributed by atoms with Crippen LogP contribution in [0.2, 0.25) is 0 Å². The maximum Gasteiger partial charge on any atom is 0.162 e. The van der Waals surface area contributed by atoms with Crippen molar-refractivity contribution in [1.82, 2.24) is 15.2 Å². The standard InChI is InChI=1S/C15H21N3OS/c1-18(9-12-5-2-3-7-16-12)10-13-11-20-15(17-13)14-6-4-8-19-14/h4,6,8,11-12,16H,2-3,5,7,9-10H2,1H3. The number of nitrogens with one attached hydrogen (secondary N) is 1. The van der Waals surface area contributed by atoms with Gasteiger partial charge in [0.1, 0.15) is 0 Å². The van der Waals surface area contributed by atoms with Crippen LogP contribution in [-0.2, 0) is 6.54 Å². The van der Waals surface area contributed by atoms with E-state index in [1.807, 2.05) is 12.1 Å². The van der Waals surface area contributed by atoms with E-state index in [-0.39, 0.29) is 0 Å². The molecule has 0 aliphatic carbocycles. The van der Waals surface area contributed by atoms with Gasteiger partial charge < -0.3 is 9.73 Å². The van der Waals surface area contributed by atoms with Crippen molar-refractivity contribution in [2.24, 2.45) is 0 Å². The number of hydrogen-bond acceptors (Lipinski definition) is 5. The fourth-order valence-electron chi connectivity index (χ4n) is 2.69. The third kappa shape index (κ3) is 3.48. The van der Waals surface area contributed by atoms with Gasteiger partial charge in [-0.3, -0.25) is 4.90 Å². The van der Waals surface area contributed by atoms with Gasteiger partial charge in [-0.25, -0.2) is 4.98 Å². The molecule has 3 rings (SSSR count). The van der Waals surface area contributed by atoms with E-state index in [1.54, 1.807) is 17.6 Å². The number of nitrogens with zero attached hydrogens (tertiary/aromatic N) is 2. The Balaban J connectivity index is 1.54. The molecule has 1 unspecified atom stereocenters. The van der Waals surface area contributed by atoms with Crippen LogP contribution in [0.15, 0.2) is 28.2 Å². The summed E-state index contributed by atoms with van der Waals surface area (Å²) >= 11 is 1.65. The Labute approximate surface area is 123 Å². The van der Waals surface area contributed by atoms with Crippen molar-refractivity contribution in [3.05, 3.63) is 29.5 Å². The van der Waals surface area contributed by atoms with Crippen molar-refractivity contribution >= 4 is 11.3 Å². The van der Waals surface area contributed by atoms with Gasteiger partial charge >= 0.3 is 0 Å². The van der Waals surface area contributed by atoms with Crippen molar-refractivity contribution in [2.45, 2.75) is 31.8 Å². The van der Waals surface area contributed by atoms with E-state index < -0.39 is 0 Å².